The lowest BCUT2D eigenvalue weighted by Crippen LogP contribution is -2.11. The predicted octanol–water partition coefficient (Wildman–Crippen LogP) is 5.68. The first-order chi connectivity index (χ1) is 12.7. The molecule has 1 aromatic heterocycles. The Bertz CT molecular complexity index is 913. The SMILES string of the molecule is COc1ccccc1Oc1ccc(NC(=O)c2sccc2C2CC2)cc1. The molecule has 0 radical (unpaired) electrons. The normalized spacial score (nSPS) is 13.3. The molecule has 0 saturated heterocycles. The minimum absolute atomic E-state index is 0.0414. The summed E-state index contributed by atoms with van der Waals surface area (Å²) in [7, 11) is 1.61. The summed E-state index contributed by atoms with van der Waals surface area (Å²) in [4.78, 5) is 13.4. The minimum Gasteiger partial charge on any atom is -0.493 e. The fourth-order valence-corrected chi connectivity index (χ4v) is 3.72. The monoisotopic (exact) mass is 365 g/mol. The number of para-hydroxylation sites is 2. The van der Waals surface area contributed by atoms with E-state index < -0.39 is 0 Å². The van der Waals surface area contributed by atoms with Gasteiger partial charge in [0.15, 0.2) is 11.5 Å². The summed E-state index contributed by atoms with van der Waals surface area (Å²) in [6.45, 7) is 0. The van der Waals surface area contributed by atoms with Crippen molar-refractivity contribution in [3.8, 4) is 17.2 Å². The van der Waals surface area contributed by atoms with Gasteiger partial charge in [-0.25, -0.2) is 0 Å². The molecule has 4 nitrogen and oxygen atoms in total. The van der Waals surface area contributed by atoms with Crippen LogP contribution in [0.5, 0.6) is 17.2 Å². The lowest BCUT2D eigenvalue weighted by atomic mass is 10.1. The van der Waals surface area contributed by atoms with Gasteiger partial charge in [-0.2, -0.15) is 0 Å². The van der Waals surface area contributed by atoms with Crippen LogP contribution in [0.25, 0.3) is 0 Å². The fourth-order valence-electron chi connectivity index (χ4n) is 2.84. The second-order valence-corrected chi connectivity index (χ2v) is 7.13. The van der Waals surface area contributed by atoms with Crippen molar-refractivity contribution < 1.29 is 14.3 Å². The Morgan fingerprint density at radius 2 is 1.77 bits per heavy atom. The summed E-state index contributed by atoms with van der Waals surface area (Å²) >= 11 is 1.50. The molecule has 132 valence electrons. The first-order valence-corrected chi connectivity index (χ1v) is 9.42. The first kappa shape index (κ1) is 16.7. The summed E-state index contributed by atoms with van der Waals surface area (Å²) in [5.41, 5.74) is 1.93. The minimum atomic E-state index is -0.0414. The van der Waals surface area contributed by atoms with Gasteiger partial charge in [-0.3, -0.25) is 4.79 Å². The van der Waals surface area contributed by atoms with Crippen molar-refractivity contribution in [1.29, 1.82) is 0 Å². The number of rotatable bonds is 6. The Morgan fingerprint density at radius 1 is 1.04 bits per heavy atom. The summed E-state index contributed by atoms with van der Waals surface area (Å²) in [5, 5.41) is 4.97. The van der Waals surface area contributed by atoms with Crippen LogP contribution in [0, 0.1) is 0 Å². The van der Waals surface area contributed by atoms with Gasteiger partial charge < -0.3 is 14.8 Å². The van der Waals surface area contributed by atoms with E-state index in [1.54, 1.807) is 7.11 Å². The van der Waals surface area contributed by atoms with Crippen LogP contribution in [-0.4, -0.2) is 13.0 Å². The largest absolute Gasteiger partial charge is 0.493 e. The van der Waals surface area contributed by atoms with E-state index in [2.05, 4.69) is 11.4 Å². The average Bonchev–Trinajstić information content (AvgIpc) is 3.40. The Balaban J connectivity index is 1.44. The van der Waals surface area contributed by atoms with Crippen molar-refractivity contribution in [2.24, 2.45) is 0 Å². The standard InChI is InChI=1S/C21H19NO3S/c1-24-18-4-2-3-5-19(18)25-16-10-8-15(9-11-16)22-21(23)20-17(12-13-26-20)14-6-7-14/h2-5,8-14H,6-7H2,1H3,(H,22,23). The number of anilines is 1. The van der Waals surface area contributed by atoms with Gasteiger partial charge in [0.05, 0.1) is 12.0 Å². The van der Waals surface area contributed by atoms with Gasteiger partial charge in [-0.05, 0) is 72.2 Å². The van der Waals surface area contributed by atoms with E-state index in [1.807, 2.05) is 53.9 Å². The highest BCUT2D eigenvalue weighted by molar-refractivity contribution is 7.12. The molecule has 1 fully saturated rings. The number of amides is 1. The predicted molar refractivity (Wildman–Crippen MR) is 104 cm³/mol. The van der Waals surface area contributed by atoms with E-state index in [0.717, 1.165) is 10.6 Å². The highest BCUT2D eigenvalue weighted by Crippen LogP contribution is 2.43. The fraction of sp³-hybridized carbons (Fsp3) is 0.190. The van der Waals surface area contributed by atoms with Gasteiger partial charge in [-0.15, -0.1) is 11.3 Å². The van der Waals surface area contributed by atoms with E-state index in [1.165, 1.54) is 29.7 Å². The van der Waals surface area contributed by atoms with Crippen LogP contribution in [0.1, 0.15) is 34.0 Å². The molecule has 2 aromatic carbocycles. The number of benzene rings is 2. The molecule has 1 saturated carbocycles. The van der Waals surface area contributed by atoms with Crippen molar-refractivity contribution in [3.63, 3.8) is 0 Å². The molecule has 1 aliphatic rings. The van der Waals surface area contributed by atoms with Crippen LogP contribution in [0.4, 0.5) is 5.69 Å². The molecule has 3 aromatic rings. The van der Waals surface area contributed by atoms with Crippen LogP contribution in [0.3, 0.4) is 0 Å². The summed E-state index contributed by atoms with van der Waals surface area (Å²) in [6, 6.07) is 16.9. The molecule has 5 heteroatoms. The van der Waals surface area contributed by atoms with Crippen LogP contribution in [-0.2, 0) is 0 Å². The molecule has 0 bridgehead atoms. The maximum Gasteiger partial charge on any atom is 0.266 e. The van der Waals surface area contributed by atoms with Crippen molar-refractivity contribution in [2.75, 3.05) is 12.4 Å². The van der Waals surface area contributed by atoms with E-state index >= 15 is 0 Å². The van der Waals surface area contributed by atoms with E-state index in [4.69, 9.17) is 9.47 Å². The van der Waals surface area contributed by atoms with Crippen LogP contribution in [0.2, 0.25) is 0 Å². The summed E-state index contributed by atoms with van der Waals surface area (Å²) in [5.74, 6) is 2.54. The number of hydrogen-bond donors (Lipinski definition) is 1. The van der Waals surface area contributed by atoms with Gasteiger partial charge in [0, 0.05) is 5.69 Å². The molecular formula is C21H19NO3S. The highest BCUT2D eigenvalue weighted by atomic mass is 32.1. The number of ether oxygens (including phenoxy) is 2. The molecule has 1 N–H and O–H groups in total. The third-order valence-electron chi connectivity index (χ3n) is 4.33. The number of carbonyl (C=O) groups is 1. The molecule has 0 spiro atoms. The Morgan fingerprint density at radius 3 is 2.46 bits per heavy atom. The second kappa shape index (κ2) is 7.22. The second-order valence-electron chi connectivity index (χ2n) is 6.21. The van der Waals surface area contributed by atoms with Crippen LogP contribution >= 0.6 is 11.3 Å². The van der Waals surface area contributed by atoms with E-state index in [9.17, 15) is 4.79 Å². The van der Waals surface area contributed by atoms with Gasteiger partial charge >= 0.3 is 0 Å². The third kappa shape index (κ3) is 3.58. The van der Waals surface area contributed by atoms with Gasteiger partial charge in [0.25, 0.3) is 5.91 Å². The Kier molecular flexibility index (Phi) is 4.63. The maximum absolute atomic E-state index is 12.5. The molecule has 0 aliphatic heterocycles. The molecule has 1 aliphatic carbocycles. The highest BCUT2D eigenvalue weighted by Gasteiger charge is 2.28. The average molecular weight is 365 g/mol. The molecule has 1 amide bonds. The first-order valence-electron chi connectivity index (χ1n) is 8.54. The van der Waals surface area contributed by atoms with E-state index in [-0.39, 0.29) is 5.91 Å². The number of hydrogen-bond acceptors (Lipinski definition) is 4. The third-order valence-corrected chi connectivity index (χ3v) is 5.26. The van der Waals surface area contributed by atoms with Crippen LogP contribution in [0.15, 0.2) is 60.0 Å². The van der Waals surface area contributed by atoms with Crippen molar-refractivity contribution in [1.82, 2.24) is 0 Å². The van der Waals surface area contributed by atoms with Gasteiger partial charge in [0.1, 0.15) is 5.75 Å². The molecule has 4 rings (SSSR count). The number of methoxy groups -OCH3 is 1. The molecule has 1 heterocycles. The zero-order chi connectivity index (χ0) is 17.9. The van der Waals surface area contributed by atoms with Crippen molar-refractivity contribution in [2.45, 2.75) is 18.8 Å². The number of thiophene rings is 1. The lowest BCUT2D eigenvalue weighted by molar-refractivity contribution is 0.102. The number of nitrogens with one attached hydrogen (secondary N) is 1. The summed E-state index contributed by atoms with van der Waals surface area (Å²) in [6.07, 6.45) is 2.37. The van der Waals surface area contributed by atoms with Gasteiger partial charge in [-0.1, -0.05) is 12.1 Å². The molecule has 0 atom stereocenters. The Labute approximate surface area is 156 Å². The van der Waals surface area contributed by atoms with Crippen LogP contribution < -0.4 is 14.8 Å². The number of carbonyl (C=O) groups excluding carboxylic acids is 1. The topological polar surface area (TPSA) is 47.6 Å². The van der Waals surface area contributed by atoms with Crippen molar-refractivity contribution in [3.05, 3.63) is 70.4 Å². The lowest BCUT2D eigenvalue weighted by Gasteiger charge is -2.11. The Hall–Kier alpha value is -2.79. The molecule has 0 unspecified atom stereocenters. The quantitative estimate of drug-likeness (QED) is 0.611. The maximum atomic E-state index is 12.5. The summed E-state index contributed by atoms with van der Waals surface area (Å²) < 4.78 is 11.1. The molecule has 26 heavy (non-hydrogen) atoms. The zero-order valence-corrected chi connectivity index (χ0v) is 15.2. The zero-order valence-electron chi connectivity index (χ0n) is 14.4. The molecular weight excluding hydrogens is 346 g/mol. The van der Waals surface area contributed by atoms with E-state index in [0.29, 0.717) is 23.2 Å². The van der Waals surface area contributed by atoms with Gasteiger partial charge in [0.2, 0.25) is 0 Å². The smallest absolute Gasteiger partial charge is 0.266 e. The van der Waals surface area contributed by atoms with Crippen molar-refractivity contribution >= 4 is 22.9 Å².